The minimum atomic E-state index is -1.07. The molecule has 8 heteroatoms. The van der Waals surface area contributed by atoms with Crippen LogP contribution in [0.3, 0.4) is 0 Å². The number of rotatable bonds is 9. The van der Waals surface area contributed by atoms with Crippen LogP contribution in [-0.2, 0) is 9.59 Å². The van der Waals surface area contributed by atoms with Gasteiger partial charge in [0.15, 0.2) is 0 Å². The molecule has 0 aliphatic carbocycles. The van der Waals surface area contributed by atoms with Crippen LogP contribution in [0.25, 0.3) is 0 Å². The van der Waals surface area contributed by atoms with E-state index in [0.29, 0.717) is 25.3 Å². The molecule has 122 valence electrons. The lowest BCUT2D eigenvalue weighted by Gasteiger charge is -2.24. The number of carbonyl (C=O) groups excluding carboxylic acids is 2. The van der Waals surface area contributed by atoms with Gasteiger partial charge in [-0.15, -0.1) is 0 Å². The Bertz CT molecular complexity index is 361. The summed E-state index contributed by atoms with van der Waals surface area (Å²) < 4.78 is 0. The van der Waals surface area contributed by atoms with Crippen LogP contribution in [0.4, 0.5) is 4.79 Å². The maximum atomic E-state index is 11.9. The third-order valence-electron chi connectivity index (χ3n) is 3.04. The molecular formula is C13H25N3O4S. The molecule has 0 saturated heterocycles. The third kappa shape index (κ3) is 7.22. The topological polar surface area (TPSA) is 90.0 Å². The summed E-state index contributed by atoms with van der Waals surface area (Å²) in [7, 11) is 1.48. The highest BCUT2D eigenvalue weighted by Crippen LogP contribution is 2.02. The Labute approximate surface area is 130 Å². The number of thioether (sulfide) groups is 1. The molecule has 21 heavy (non-hydrogen) atoms. The van der Waals surface area contributed by atoms with Gasteiger partial charge in [-0.1, -0.05) is 0 Å². The Kier molecular flexibility index (Phi) is 9.60. The fourth-order valence-electron chi connectivity index (χ4n) is 1.70. The van der Waals surface area contributed by atoms with E-state index in [-0.39, 0.29) is 12.5 Å². The molecule has 0 rings (SSSR count). The van der Waals surface area contributed by atoms with E-state index in [1.54, 1.807) is 4.90 Å². The highest BCUT2D eigenvalue weighted by Gasteiger charge is 2.23. The molecule has 7 nitrogen and oxygen atoms in total. The number of hydrogen-bond acceptors (Lipinski definition) is 4. The number of amides is 3. The van der Waals surface area contributed by atoms with Gasteiger partial charge in [0.2, 0.25) is 5.91 Å². The number of aliphatic carboxylic acids is 1. The quantitative estimate of drug-likeness (QED) is 0.653. The molecule has 0 aromatic rings. The minimum Gasteiger partial charge on any atom is -0.480 e. The monoisotopic (exact) mass is 319 g/mol. The Morgan fingerprint density at radius 3 is 2.24 bits per heavy atom. The number of nitrogens with zero attached hydrogens (tertiary/aromatic N) is 2. The van der Waals surface area contributed by atoms with Crippen LogP contribution in [0, 0.1) is 0 Å². The van der Waals surface area contributed by atoms with E-state index in [2.05, 4.69) is 5.32 Å². The Morgan fingerprint density at radius 2 is 1.81 bits per heavy atom. The molecule has 3 amide bonds. The number of carboxylic acids is 1. The van der Waals surface area contributed by atoms with Crippen molar-refractivity contribution in [3.63, 3.8) is 0 Å². The van der Waals surface area contributed by atoms with E-state index < -0.39 is 18.0 Å². The number of nitrogens with one attached hydrogen (secondary N) is 1. The van der Waals surface area contributed by atoms with Gasteiger partial charge in [0.05, 0.1) is 0 Å². The Balaban J connectivity index is 4.48. The van der Waals surface area contributed by atoms with Crippen LogP contribution < -0.4 is 5.32 Å². The van der Waals surface area contributed by atoms with Gasteiger partial charge in [0.25, 0.3) is 0 Å². The maximum Gasteiger partial charge on any atom is 0.326 e. The predicted molar refractivity (Wildman–Crippen MR) is 83.5 cm³/mol. The molecule has 0 saturated carbocycles. The molecule has 0 unspecified atom stereocenters. The van der Waals surface area contributed by atoms with Crippen molar-refractivity contribution in [1.29, 1.82) is 0 Å². The van der Waals surface area contributed by atoms with Gasteiger partial charge in [-0.2, -0.15) is 11.8 Å². The fourth-order valence-corrected chi connectivity index (χ4v) is 2.17. The number of carbonyl (C=O) groups is 3. The highest BCUT2D eigenvalue weighted by atomic mass is 32.2. The summed E-state index contributed by atoms with van der Waals surface area (Å²) in [5, 5.41) is 11.5. The van der Waals surface area contributed by atoms with E-state index in [0.717, 1.165) is 0 Å². The number of urea groups is 1. The Morgan fingerprint density at radius 1 is 1.24 bits per heavy atom. The summed E-state index contributed by atoms with van der Waals surface area (Å²) in [6.07, 6.45) is 2.22. The van der Waals surface area contributed by atoms with Crippen LogP contribution >= 0.6 is 11.8 Å². The van der Waals surface area contributed by atoms with Crippen molar-refractivity contribution in [1.82, 2.24) is 15.1 Å². The molecular weight excluding hydrogens is 294 g/mol. The molecule has 0 fully saturated rings. The van der Waals surface area contributed by atoms with Crippen molar-refractivity contribution >= 4 is 29.7 Å². The lowest BCUT2D eigenvalue weighted by atomic mass is 10.2. The second-order valence-corrected chi connectivity index (χ2v) is 5.53. The Hall–Kier alpha value is -1.44. The summed E-state index contributed by atoms with van der Waals surface area (Å²) >= 11 is 1.51. The average Bonchev–Trinajstić information content (AvgIpc) is 2.43. The molecule has 0 aliphatic rings. The van der Waals surface area contributed by atoms with Crippen LogP contribution in [-0.4, -0.2) is 77.5 Å². The van der Waals surface area contributed by atoms with Crippen LogP contribution in [0.5, 0.6) is 0 Å². The lowest BCUT2D eigenvalue weighted by molar-refractivity contribution is -0.139. The maximum absolute atomic E-state index is 11.9. The van der Waals surface area contributed by atoms with Gasteiger partial charge in [-0.25, -0.2) is 9.59 Å². The van der Waals surface area contributed by atoms with Gasteiger partial charge in [-0.05, 0) is 32.3 Å². The van der Waals surface area contributed by atoms with E-state index in [9.17, 15) is 14.4 Å². The van der Waals surface area contributed by atoms with Gasteiger partial charge in [0, 0.05) is 20.1 Å². The van der Waals surface area contributed by atoms with Crippen molar-refractivity contribution < 1.29 is 19.5 Å². The second-order valence-electron chi connectivity index (χ2n) is 4.54. The predicted octanol–water partition coefficient (Wildman–Crippen LogP) is 0.703. The molecule has 0 aliphatic heterocycles. The first-order chi connectivity index (χ1) is 9.87. The molecule has 0 aromatic carbocycles. The number of likely N-dealkylation sites (N-methyl/N-ethyl adjacent to an activating group) is 2. The summed E-state index contributed by atoms with van der Waals surface area (Å²) in [5.41, 5.74) is 0. The SMILES string of the molecule is CCN(CC)C(=O)CN(C)C(=O)N[C@@H](CCSC)C(=O)O. The van der Waals surface area contributed by atoms with Crippen LogP contribution in [0.2, 0.25) is 0 Å². The van der Waals surface area contributed by atoms with Gasteiger partial charge < -0.3 is 20.2 Å². The minimum absolute atomic E-state index is 0.0671. The van der Waals surface area contributed by atoms with Crippen molar-refractivity contribution in [2.24, 2.45) is 0 Å². The van der Waals surface area contributed by atoms with Gasteiger partial charge in [-0.3, -0.25) is 4.79 Å². The normalized spacial score (nSPS) is 11.6. The smallest absolute Gasteiger partial charge is 0.326 e. The van der Waals surface area contributed by atoms with Gasteiger partial charge in [0.1, 0.15) is 12.6 Å². The fraction of sp³-hybridized carbons (Fsp3) is 0.769. The first kappa shape index (κ1) is 19.6. The van der Waals surface area contributed by atoms with Crippen LogP contribution in [0.15, 0.2) is 0 Å². The summed E-state index contributed by atoms with van der Waals surface area (Å²) in [4.78, 5) is 37.7. The summed E-state index contributed by atoms with van der Waals surface area (Å²) in [6.45, 7) is 4.82. The van der Waals surface area contributed by atoms with Crippen LogP contribution in [0.1, 0.15) is 20.3 Å². The van der Waals surface area contributed by atoms with E-state index in [1.807, 2.05) is 20.1 Å². The molecule has 1 atom stereocenters. The average molecular weight is 319 g/mol. The van der Waals surface area contributed by atoms with Crippen molar-refractivity contribution in [3.8, 4) is 0 Å². The van der Waals surface area contributed by atoms with E-state index in [4.69, 9.17) is 5.11 Å². The standard InChI is InChI=1S/C13H25N3O4S/c1-5-16(6-2)11(17)9-15(3)13(20)14-10(12(18)19)7-8-21-4/h10H,5-9H2,1-4H3,(H,14,20)(H,18,19)/t10-/m0/s1. The molecule has 0 aromatic heterocycles. The summed E-state index contributed by atoms with van der Waals surface area (Å²) in [5.74, 6) is -0.589. The zero-order valence-corrected chi connectivity index (χ0v) is 13.9. The van der Waals surface area contributed by atoms with Crippen molar-refractivity contribution in [3.05, 3.63) is 0 Å². The molecule has 2 N–H and O–H groups in total. The highest BCUT2D eigenvalue weighted by molar-refractivity contribution is 7.98. The first-order valence-electron chi connectivity index (χ1n) is 6.88. The van der Waals surface area contributed by atoms with Crippen molar-refractivity contribution in [2.75, 3.05) is 38.7 Å². The molecule has 0 bridgehead atoms. The third-order valence-corrected chi connectivity index (χ3v) is 3.69. The van der Waals surface area contributed by atoms with Gasteiger partial charge >= 0.3 is 12.0 Å². The van der Waals surface area contributed by atoms with E-state index >= 15 is 0 Å². The van der Waals surface area contributed by atoms with E-state index in [1.165, 1.54) is 23.7 Å². The van der Waals surface area contributed by atoms with Crippen molar-refractivity contribution in [2.45, 2.75) is 26.3 Å². The zero-order chi connectivity index (χ0) is 16.4. The number of hydrogen-bond donors (Lipinski definition) is 2. The molecule has 0 radical (unpaired) electrons. The summed E-state index contributed by atoms with van der Waals surface area (Å²) in [6, 6.07) is -1.49. The number of carboxylic acid groups (broad SMARTS) is 1. The largest absolute Gasteiger partial charge is 0.480 e. The zero-order valence-electron chi connectivity index (χ0n) is 13.1. The second kappa shape index (κ2) is 10.3. The molecule has 0 spiro atoms. The lowest BCUT2D eigenvalue weighted by Crippen LogP contribution is -2.49. The molecule has 0 heterocycles. The first-order valence-corrected chi connectivity index (χ1v) is 8.27.